The topological polar surface area (TPSA) is 0 Å². The third kappa shape index (κ3) is 4.13. The van der Waals surface area contributed by atoms with Crippen LogP contribution in [0.3, 0.4) is 0 Å². The Morgan fingerprint density at radius 3 is 2.00 bits per heavy atom. The monoisotopic (exact) mass is 136 g/mol. The summed E-state index contributed by atoms with van der Waals surface area (Å²) in [5, 5.41) is 0. The summed E-state index contributed by atoms with van der Waals surface area (Å²) in [4.78, 5) is 0. The van der Waals surface area contributed by atoms with E-state index < -0.39 is 0 Å². The molecule has 0 aromatic heterocycles. The molecular weight excluding hydrogens is 120 g/mol. The highest BCUT2D eigenvalue weighted by molar-refractivity contribution is 5.23. The highest BCUT2D eigenvalue weighted by Gasteiger charge is 1.92. The Kier molecular flexibility index (Phi) is 3.78. The average molecular weight is 136 g/mol. The van der Waals surface area contributed by atoms with E-state index in [9.17, 15) is 0 Å². The summed E-state index contributed by atoms with van der Waals surface area (Å²) in [5.41, 5.74) is 2.23. The van der Waals surface area contributed by atoms with Gasteiger partial charge in [-0.1, -0.05) is 50.3 Å². The maximum absolute atomic E-state index is 3.90. The fourth-order valence-corrected chi connectivity index (χ4v) is 0.442. The van der Waals surface area contributed by atoms with E-state index in [0.29, 0.717) is 5.92 Å². The molecule has 10 heavy (non-hydrogen) atoms. The van der Waals surface area contributed by atoms with E-state index >= 15 is 0 Å². The number of hydrogen-bond donors (Lipinski definition) is 0. The smallest absolute Gasteiger partial charge is 0.0225 e. The average Bonchev–Trinajstić information content (AvgIpc) is 1.82. The Balaban J connectivity index is 3.90. The van der Waals surface area contributed by atoms with Crippen molar-refractivity contribution in [1.82, 2.24) is 0 Å². The normalized spacial score (nSPS) is 10.8. The first-order valence-electron chi connectivity index (χ1n) is 3.56. The van der Waals surface area contributed by atoms with Gasteiger partial charge in [0.25, 0.3) is 0 Å². The van der Waals surface area contributed by atoms with Gasteiger partial charge in [-0.2, -0.15) is 0 Å². The van der Waals surface area contributed by atoms with Crippen LogP contribution in [0.25, 0.3) is 0 Å². The maximum Gasteiger partial charge on any atom is -0.0225 e. The van der Waals surface area contributed by atoms with Gasteiger partial charge in [-0.05, 0) is 12.8 Å². The van der Waals surface area contributed by atoms with E-state index in [2.05, 4.69) is 27.0 Å². The molecule has 0 aliphatic carbocycles. The van der Waals surface area contributed by atoms with Crippen LogP contribution >= 0.6 is 0 Å². The lowest BCUT2D eigenvalue weighted by Gasteiger charge is -2.01. The molecule has 0 heterocycles. The zero-order valence-corrected chi connectivity index (χ0v) is 7.15. The molecule has 0 nitrogen and oxygen atoms in total. The molecule has 0 amide bonds. The SMILES string of the molecule is C=C(C)/C=C/C(=C)C(C)C. The second-order valence-corrected chi connectivity index (χ2v) is 2.91. The molecule has 0 aromatic rings. The quantitative estimate of drug-likeness (QED) is 0.522. The summed E-state index contributed by atoms with van der Waals surface area (Å²) in [6.45, 7) is 13.9. The van der Waals surface area contributed by atoms with Crippen LogP contribution in [0, 0.1) is 5.92 Å². The van der Waals surface area contributed by atoms with Crippen LogP contribution in [0.15, 0.2) is 36.5 Å². The van der Waals surface area contributed by atoms with Crippen molar-refractivity contribution < 1.29 is 0 Å². The summed E-state index contributed by atoms with van der Waals surface area (Å²) in [5.74, 6) is 0.538. The molecule has 0 radical (unpaired) electrons. The lowest BCUT2D eigenvalue weighted by molar-refractivity contribution is 0.795. The molecule has 0 heteroatoms. The van der Waals surface area contributed by atoms with Gasteiger partial charge in [-0.3, -0.25) is 0 Å². The summed E-state index contributed by atoms with van der Waals surface area (Å²) in [6.07, 6.45) is 4.01. The molecule has 0 aromatic carbocycles. The predicted molar refractivity (Wildman–Crippen MR) is 47.9 cm³/mol. The van der Waals surface area contributed by atoms with Crippen molar-refractivity contribution in [3.8, 4) is 0 Å². The van der Waals surface area contributed by atoms with Gasteiger partial charge < -0.3 is 0 Å². The molecule has 0 atom stereocenters. The first-order valence-corrected chi connectivity index (χ1v) is 3.56. The Hall–Kier alpha value is -0.780. The van der Waals surface area contributed by atoms with Crippen molar-refractivity contribution in [2.24, 2.45) is 5.92 Å². The molecule has 0 saturated carbocycles. The van der Waals surface area contributed by atoms with E-state index in [-0.39, 0.29) is 0 Å². The molecule has 56 valence electrons. The van der Waals surface area contributed by atoms with Crippen LogP contribution in [0.4, 0.5) is 0 Å². The van der Waals surface area contributed by atoms with Crippen molar-refractivity contribution in [3.63, 3.8) is 0 Å². The van der Waals surface area contributed by atoms with Crippen LogP contribution in [0.5, 0.6) is 0 Å². The molecule has 0 fully saturated rings. The standard InChI is InChI=1S/C10H16/c1-8(2)6-7-10(5)9(3)4/h6-7,9H,1,5H2,2-4H3/b7-6+. The minimum absolute atomic E-state index is 0.538. The van der Waals surface area contributed by atoms with Gasteiger partial charge in [0.15, 0.2) is 0 Å². The minimum atomic E-state index is 0.538. The molecule has 0 unspecified atom stereocenters. The number of hydrogen-bond acceptors (Lipinski definition) is 0. The fourth-order valence-electron chi connectivity index (χ4n) is 0.442. The zero-order chi connectivity index (χ0) is 8.15. The van der Waals surface area contributed by atoms with E-state index in [1.54, 1.807) is 0 Å². The minimum Gasteiger partial charge on any atom is -0.0961 e. The van der Waals surface area contributed by atoms with Crippen LogP contribution in [0.1, 0.15) is 20.8 Å². The van der Waals surface area contributed by atoms with Gasteiger partial charge in [0.05, 0.1) is 0 Å². The Morgan fingerprint density at radius 2 is 1.70 bits per heavy atom. The first kappa shape index (κ1) is 9.22. The summed E-state index contributed by atoms with van der Waals surface area (Å²) in [6, 6.07) is 0. The summed E-state index contributed by atoms with van der Waals surface area (Å²) >= 11 is 0. The molecule has 0 aliphatic heterocycles. The van der Waals surface area contributed by atoms with Crippen LogP contribution in [0.2, 0.25) is 0 Å². The third-order valence-electron chi connectivity index (χ3n) is 1.32. The lowest BCUT2D eigenvalue weighted by atomic mass is 10.0. The Morgan fingerprint density at radius 1 is 1.20 bits per heavy atom. The van der Waals surface area contributed by atoms with E-state index in [1.165, 1.54) is 0 Å². The molecule has 0 bridgehead atoms. The zero-order valence-electron chi connectivity index (χ0n) is 7.15. The summed E-state index contributed by atoms with van der Waals surface area (Å²) < 4.78 is 0. The number of allylic oxidation sites excluding steroid dienone is 4. The largest absolute Gasteiger partial charge is 0.0961 e. The molecule has 0 rings (SSSR count). The van der Waals surface area contributed by atoms with Gasteiger partial charge in [-0.15, -0.1) is 0 Å². The van der Waals surface area contributed by atoms with Gasteiger partial charge in [-0.25, -0.2) is 0 Å². The molecule has 0 saturated heterocycles. The van der Waals surface area contributed by atoms with Crippen LogP contribution in [-0.4, -0.2) is 0 Å². The van der Waals surface area contributed by atoms with Crippen LogP contribution < -0.4 is 0 Å². The van der Waals surface area contributed by atoms with Gasteiger partial charge in [0, 0.05) is 0 Å². The number of rotatable bonds is 3. The Labute approximate surface area is 64.0 Å². The third-order valence-corrected chi connectivity index (χ3v) is 1.32. The summed E-state index contributed by atoms with van der Waals surface area (Å²) in [7, 11) is 0. The Bertz CT molecular complexity index is 159. The molecule has 0 N–H and O–H groups in total. The van der Waals surface area contributed by atoms with Crippen molar-refractivity contribution in [2.75, 3.05) is 0 Å². The van der Waals surface area contributed by atoms with Crippen LogP contribution in [-0.2, 0) is 0 Å². The van der Waals surface area contributed by atoms with E-state index in [0.717, 1.165) is 11.1 Å². The highest BCUT2D eigenvalue weighted by Crippen LogP contribution is 2.08. The molecule has 0 aliphatic rings. The van der Waals surface area contributed by atoms with Crippen molar-refractivity contribution >= 4 is 0 Å². The van der Waals surface area contributed by atoms with E-state index in [4.69, 9.17) is 0 Å². The van der Waals surface area contributed by atoms with Crippen molar-refractivity contribution in [3.05, 3.63) is 36.5 Å². The molecule has 0 spiro atoms. The van der Waals surface area contributed by atoms with E-state index in [1.807, 2.05) is 19.1 Å². The van der Waals surface area contributed by atoms with Gasteiger partial charge >= 0.3 is 0 Å². The second-order valence-electron chi connectivity index (χ2n) is 2.91. The van der Waals surface area contributed by atoms with Crippen molar-refractivity contribution in [1.29, 1.82) is 0 Å². The first-order chi connectivity index (χ1) is 4.54. The second kappa shape index (κ2) is 4.10. The molecular formula is C10H16. The van der Waals surface area contributed by atoms with Gasteiger partial charge in [0.1, 0.15) is 0 Å². The van der Waals surface area contributed by atoms with Gasteiger partial charge in [0.2, 0.25) is 0 Å². The fraction of sp³-hybridized carbons (Fsp3) is 0.400. The maximum atomic E-state index is 3.90. The van der Waals surface area contributed by atoms with Crippen molar-refractivity contribution in [2.45, 2.75) is 20.8 Å². The lowest BCUT2D eigenvalue weighted by Crippen LogP contribution is -1.86. The predicted octanol–water partition coefficient (Wildman–Crippen LogP) is 3.33. The highest BCUT2D eigenvalue weighted by atomic mass is 14.0.